The quantitative estimate of drug-likeness (QED) is 0.826. The van der Waals surface area contributed by atoms with Gasteiger partial charge in [0.25, 0.3) is 0 Å². The van der Waals surface area contributed by atoms with Gasteiger partial charge in [-0.25, -0.2) is 9.78 Å². The fraction of sp³-hybridized carbons (Fsp3) is 0.286. The molecule has 0 saturated carbocycles. The van der Waals surface area contributed by atoms with E-state index in [0.717, 1.165) is 15.9 Å². The Morgan fingerprint density at radius 2 is 2.15 bits per heavy atom. The summed E-state index contributed by atoms with van der Waals surface area (Å²) < 4.78 is 6.11. The zero-order valence-electron chi connectivity index (χ0n) is 11.2. The normalized spacial score (nSPS) is 11.9. The number of thiazole rings is 1. The van der Waals surface area contributed by atoms with Gasteiger partial charge in [-0.2, -0.15) is 0 Å². The summed E-state index contributed by atoms with van der Waals surface area (Å²) in [4.78, 5) is 16.5. The van der Waals surface area contributed by atoms with Gasteiger partial charge in [0.2, 0.25) is 0 Å². The molecule has 1 unspecified atom stereocenters. The van der Waals surface area contributed by atoms with E-state index in [2.05, 4.69) is 26.2 Å². The van der Waals surface area contributed by atoms with Crippen molar-refractivity contribution in [2.75, 3.05) is 11.9 Å². The fourth-order valence-corrected chi connectivity index (χ4v) is 2.76. The molecule has 0 amide bonds. The first kappa shape index (κ1) is 15.0. The number of aryl methyl sites for hydroxylation is 1. The zero-order valence-corrected chi connectivity index (χ0v) is 13.6. The van der Waals surface area contributed by atoms with Gasteiger partial charge in [-0.15, -0.1) is 11.3 Å². The molecule has 0 aliphatic carbocycles. The Labute approximate surface area is 130 Å². The topological polar surface area (TPSA) is 51.2 Å². The number of anilines is 1. The van der Waals surface area contributed by atoms with Gasteiger partial charge in [0, 0.05) is 21.2 Å². The lowest BCUT2D eigenvalue weighted by Gasteiger charge is -2.16. The van der Waals surface area contributed by atoms with E-state index < -0.39 is 6.04 Å². The van der Waals surface area contributed by atoms with Crippen molar-refractivity contribution < 1.29 is 9.53 Å². The Morgan fingerprint density at radius 1 is 1.45 bits per heavy atom. The van der Waals surface area contributed by atoms with Crippen molar-refractivity contribution in [3.63, 3.8) is 0 Å². The highest BCUT2D eigenvalue weighted by atomic mass is 79.9. The number of nitrogens with one attached hydrogen (secondary N) is 1. The lowest BCUT2D eigenvalue weighted by Crippen LogP contribution is -2.23. The summed E-state index contributed by atoms with van der Waals surface area (Å²) in [7, 11) is 0. The number of carbonyl (C=O) groups excluding carboxylic acids is 1. The van der Waals surface area contributed by atoms with Gasteiger partial charge >= 0.3 is 5.97 Å². The first-order chi connectivity index (χ1) is 9.60. The average Bonchev–Trinajstić information content (AvgIpc) is 2.84. The van der Waals surface area contributed by atoms with Crippen molar-refractivity contribution in [2.45, 2.75) is 19.9 Å². The summed E-state index contributed by atoms with van der Waals surface area (Å²) >= 11 is 4.83. The number of hydrogen-bond donors (Lipinski definition) is 1. The molecule has 1 atom stereocenters. The lowest BCUT2D eigenvalue weighted by molar-refractivity contribution is -0.144. The van der Waals surface area contributed by atoms with Crippen molar-refractivity contribution in [2.24, 2.45) is 0 Å². The van der Waals surface area contributed by atoms with E-state index >= 15 is 0 Å². The number of aromatic nitrogens is 1. The second-order valence-electron chi connectivity index (χ2n) is 4.16. The first-order valence-electron chi connectivity index (χ1n) is 6.21. The number of hydrogen-bond acceptors (Lipinski definition) is 5. The number of nitrogens with zero attached hydrogens (tertiary/aromatic N) is 1. The molecule has 1 aromatic carbocycles. The maximum Gasteiger partial charge on any atom is 0.335 e. The smallest absolute Gasteiger partial charge is 0.335 e. The Kier molecular flexibility index (Phi) is 5.14. The van der Waals surface area contributed by atoms with Crippen LogP contribution in [0.25, 0.3) is 0 Å². The molecule has 1 N–H and O–H groups in total. The minimum Gasteiger partial charge on any atom is -0.464 e. The van der Waals surface area contributed by atoms with Crippen LogP contribution < -0.4 is 5.32 Å². The monoisotopic (exact) mass is 354 g/mol. The van der Waals surface area contributed by atoms with E-state index in [1.807, 2.05) is 36.6 Å². The largest absolute Gasteiger partial charge is 0.464 e. The van der Waals surface area contributed by atoms with Crippen LogP contribution in [-0.4, -0.2) is 17.6 Å². The highest BCUT2D eigenvalue weighted by molar-refractivity contribution is 9.10. The Balaban J connectivity index is 2.22. The third-order valence-electron chi connectivity index (χ3n) is 2.56. The van der Waals surface area contributed by atoms with Crippen LogP contribution in [0.15, 0.2) is 34.1 Å². The van der Waals surface area contributed by atoms with E-state index in [0.29, 0.717) is 11.6 Å². The van der Waals surface area contributed by atoms with Crippen LogP contribution in [0.2, 0.25) is 0 Å². The summed E-state index contributed by atoms with van der Waals surface area (Å²) in [6.45, 7) is 4.05. The molecule has 0 spiro atoms. The number of carbonyl (C=O) groups is 1. The molecule has 2 rings (SSSR count). The Morgan fingerprint density at radius 3 is 2.70 bits per heavy atom. The summed E-state index contributed by atoms with van der Waals surface area (Å²) in [5, 5.41) is 5.81. The van der Waals surface area contributed by atoms with E-state index in [1.54, 1.807) is 6.92 Å². The minimum atomic E-state index is -0.574. The molecule has 4 nitrogen and oxygen atoms in total. The molecule has 0 radical (unpaired) electrons. The van der Waals surface area contributed by atoms with Crippen molar-refractivity contribution in [1.29, 1.82) is 0 Å². The molecule has 0 aliphatic rings. The Bertz CT molecular complexity index is 583. The van der Waals surface area contributed by atoms with Crippen molar-refractivity contribution in [1.82, 2.24) is 4.98 Å². The molecule has 6 heteroatoms. The minimum absolute atomic E-state index is 0.315. The second-order valence-corrected chi connectivity index (χ2v) is 5.97. The maximum absolute atomic E-state index is 12.1. The number of esters is 1. The summed E-state index contributed by atoms with van der Waals surface area (Å²) in [6, 6.07) is 7.05. The summed E-state index contributed by atoms with van der Waals surface area (Å²) in [5.74, 6) is -0.315. The predicted octanol–water partition coefficient (Wildman–Crippen LogP) is 3.93. The predicted molar refractivity (Wildman–Crippen MR) is 84.0 cm³/mol. The highest BCUT2D eigenvalue weighted by Crippen LogP contribution is 2.25. The van der Waals surface area contributed by atoms with Crippen LogP contribution in [0.3, 0.4) is 0 Å². The van der Waals surface area contributed by atoms with Crippen LogP contribution in [0.5, 0.6) is 0 Å². The second kappa shape index (κ2) is 6.85. The maximum atomic E-state index is 12.1. The van der Waals surface area contributed by atoms with Crippen LogP contribution in [0.4, 0.5) is 5.69 Å². The zero-order chi connectivity index (χ0) is 14.5. The molecule has 0 bridgehead atoms. The van der Waals surface area contributed by atoms with Crippen molar-refractivity contribution in [3.8, 4) is 0 Å². The molecule has 2 aromatic rings. The third kappa shape index (κ3) is 3.80. The molecule has 0 aliphatic heterocycles. The number of benzene rings is 1. The van der Waals surface area contributed by atoms with Gasteiger partial charge in [0.05, 0.1) is 6.61 Å². The highest BCUT2D eigenvalue weighted by Gasteiger charge is 2.24. The average molecular weight is 355 g/mol. The third-order valence-corrected chi connectivity index (χ3v) is 4.12. The van der Waals surface area contributed by atoms with Gasteiger partial charge < -0.3 is 10.1 Å². The Hall–Kier alpha value is -1.40. The van der Waals surface area contributed by atoms with Crippen molar-refractivity contribution >= 4 is 38.9 Å². The van der Waals surface area contributed by atoms with E-state index in [4.69, 9.17) is 4.74 Å². The van der Waals surface area contributed by atoms with Crippen LogP contribution in [0.1, 0.15) is 23.7 Å². The SMILES string of the molecule is CCOC(=O)C(Nc1ccc(Br)cc1)c1nc(C)cs1. The molecule has 0 saturated heterocycles. The summed E-state index contributed by atoms with van der Waals surface area (Å²) in [5.41, 5.74) is 1.75. The number of ether oxygens (including phenoxy) is 1. The van der Waals surface area contributed by atoms with Gasteiger partial charge in [-0.3, -0.25) is 0 Å². The number of rotatable bonds is 5. The molecule has 20 heavy (non-hydrogen) atoms. The molecule has 1 heterocycles. The van der Waals surface area contributed by atoms with E-state index in [1.165, 1.54) is 11.3 Å². The van der Waals surface area contributed by atoms with Gasteiger partial charge in [-0.1, -0.05) is 15.9 Å². The lowest BCUT2D eigenvalue weighted by atomic mass is 10.2. The van der Waals surface area contributed by atoms with E-state index in [9.17, 15) is 4.79 Å². The van der Waals surface area contributed by atoms with Gasteiger partial charge in [-0.05, 0) is 38.1 Å². The van der Waals surface area contributed by atoms with Crippen LogP contribution in [0, 0.1) is 6.92 Å². The first-order valence-corrected chi connectivity index (χ1v) is 7.88. The van der Waals surface area contributed by atoms with Crippen molar-refractivity contribution in [3.05, 3.63) is 44.8 Å². The summed E-state index contributed by atoms with van der Waals surface area (Å²) in [6.07, 6.45) is 0. The standard InChI is InChI=1S/C14H15BrN2O2S/c1-3-19-14(18)12(13-16-9(2)8-20-13)17-11-6-4-10(15)5-7-11/h4-8,12,17H,3H2,1-2H3. The molecule has 0 fully saturated rings. The van der Waals surface area contributed by atoms with Gasteiger partial charge in [0.1, 0.15) is 5.01 Å². The molecular weight excluding hydrogens is 340 g/mol. The van der Waals surface area contributed by atoms with Crippen LogP contribution in [-0.2, 0) is 9.53 Å². The van der Waals surface area contributed by atoms with Gasteiger partial charge in [0.15, 0.2) is 6.04 Å². The molecule has 106 valence electrons. The molecule has 1 aromatic heterocycles. The molecular formula is C14H15BrN2O2S. The fourth-order valence-electron chi connectivity index (χ4n) is 1.66. The van der Waals surface area contributed by atoms with E-state index in [-0.39, 0.29) is 5.97 Å². The van der Waals surface area contributed by atoms with Crippen LogP contribution >= 0.6 is 27.3 Å². The number of halogens is 1.